The standard InChI is InChI=1S/C14H16Br2FNO/c15-8-3-9-18(10-4-1-5-10)14(19)13-11(16)6-2-7-12(13)17/h2,6-7,10H,1,3-5,8-9H2. The van der Waals surface area contributed by atoms with E-state index in [1.165, 1.54) is 6.07 Å². The molecule has 1 aliphatic rings. The number of hydrogen-bond donors (Lipinski definition) is 0. The second-order valence-electron chi connectivity index (χ2n) is 4.72. The van der Waals surface area contributed by atoms with Crippen molar-refractivity contribution >= 4 is 37.8 Å². The maximum Gasteiger partial charge on any atom is 0.258 e. The normalized spacial score (nSPS) is 15.1. The molecule has 1 aromatic carbocycles. The van der Waals surface area contributed by atoms with Crippen LogP contribution < -0.4 is 0 Å². The van der Waals surface area contributed by atoms with Gasteiger partial charge in [-0.15, -0.1) is 0 Å². The maximum atomic E-state index is 13.9. The van der Waals surface area contributed by atoms with Crippen LogP contribution >= 0.6 is 31.9 Å². The molecule has 0 aliphatic heterocycles. The van der Waals surface area contributed by atoms with Crippen LogP contribution in [0.4, 0.5) is 4.39 Å². The van der Waals surface area contributed by atoms with E-state index in [2.05, 4.69) is 31.9 Å². The first-order valence-corrected chi connectivity index (χ1v) is 8.37. The number of carbonyl (C=O) groups is 1. The maximum absolute atomic E-state index is 13.9. The predicted octanol–water partition coefficient (Wildman–Crippen LogP) is 4.37. The van der Waals surface area contributed by atoms with E-state index in [-0.39, 0.29) is 17.5 Å². The largest absolute Gasteiger partial charge is 0.336 e. The van der Waals surface area contributed by atoms with Gasteiger partial charge < -0.3 is 4.90 Å². The highest BCUT2D eigenvalue weighted by molar-refractivity contribution is 9.10. The Kier molecular flexibility index (Phi) is 5.39. The van der Waals surface area contributed by atoms with E-state index in [9.17, 15) is 9.18 Å². The average molecular weight is 393 g/mol. The van der Waals surface area contributed by atoms with E-state index < -0.39 is 5.82 Å². The molecule has 5 heteroatoms. The highest BCUT2D eigenvalue weighted by atomic mass is 79.9. The van der Waals surface area contributed by atoms with Gasteiger partial charge in [0.1, 0.15) is 5.82 Å². The minimum absolute atomic E-state index is 0.156. The molecule has 0 atom stereocenters. The summed E-state index contributed by atoms with van der Waals surface area (Å²) in [4.78, 5) is 14.4. The molecule has 1 saturated carbocycles. The van der Waals surface area contributed by atoms with Gasteiger partial charge in [0.15, 0.2) is 0 Å². The molecule has 2 nitrogen and oxygen atoms in total. The van der Waals surface area contributed by atoms with Crippen molar-refractivity contribution in [2.24, 2.45) is 0 Å². The van der Waals surface area contributed by atoms with Gasteiger partial charge in [0.2, 0.25) is 0 Å². The molecule has 19 heavy (non-hydrogen) atoms. The van der Waals surface area contributed by atoms with E-state index in [4.69, 9.17) is 0 Å². The van der Waals surface area contributed by atoms with Crippen LogP contribution in [-0.2, 0) is 0 Å². The van der Waals surface area contributed by atoms with Gasteiger partial charge in [-0.2, -0.15) is 0 Å². The van der Waals surface area contributed by atoms with Gasteiger partial charge in [0.25, 0.3) is 5.91 Å². The van der Waals surface area contributed by atoms with Crippen molar-refractivity contribution in [1.29, 1.82) is 0 Å². The van der Waals surface area contributed by atoms with Crippen LogP contribution in [0, 0.1) is 5.82 Å². The molecule has 0 bridgehead atoms. The van der Waals surface area contributed by atoms with E-state index >= 15 is 0 Å². The van der Waals surface area contributed by atoms with Crippen molar-refractivity contribution in [3.8, 4) is 0 Å². The summed E-state index contributed by atoms with van der Waals surface area (Å²) in [5.41, 5.74) is 0.156. The number of hydrogen-bond acceptors (Lipinski definition) is 1. The summed E-state index contributed by atoms with van der Waals surface area (Å²) >= 11 is 6.66. The first-order chi connectivity index (χ1) is 9.15. The number of amides is 1. The molecule has 0 spiro atoms. The second kappa shape index (κ2) is 6.84. The fourth-order valence-electron chi connectivity index (χ4n) is 2.22. The lowest BCUT2D eigenvalue weighted by Crippen LogP contribution is -2.45. The van der Waals surface area contributed by atoms with Gasteiger partial charge in [-0.1, -0.05) is 22.0 Å². The lowest BCUT2D eigenvalue weighted by Gasteiger charge is -2.37. The number of benzene rings is 1. The Morgan fingerprint density at radius 1 is 1.42 bits per heavy atom. The lowest BCUT2D eigenvalue weighted by atomic mass is 9.90. The van der Waals surface area contributed by atoms with Crippen LogP contribution in [0.1, 0.15) is 36.0 Å². The van der Waals surface area contributed by atoms with Crippen molar-refractivity contribution in [3.05, 3.63) is 34.1 Å². The van der Waals surface area contributed by atoms with Crippen molar-refractivity contribution in [2.45, 2.75) is 31.7 Å². The molecule has 0 radical (unpaired) electrons. The number of rotatable bonds is 5. The Labute approximate surface area is 129 Å². The Morgan fingerprint density at radius 2 is 2.16 bits per heavy atom. The number of halogens is 3. The summed E-state index contributed by atoms with van der Waals surface area (Å²) in [5, 5.41) is 0.849. The minimum Gasteiger partial charge on any atom is -0.336 e. The zero-order valence-corrected chi connectivity index (χ0v) is 13.7. The topological polar surface area (TPSA) is 20.3 Å². The molecule has 1 fully saturated rings. The zero-order valence-electron chi connectivity index (χ0n) is 10.5. The summed E-state index contributed by atoms with van der Waals surface area (Å²) in [6.07, 6.45) is 4.09. The number of carbonyl (C=O) groups excluding carboxylic acids is 1. The van der Waals surface area contributed by atoms with Crippen molar-refractivity contribution in [3.63, 3.8) is 0 Å². The molecule has 104 valence electrons. The third-order valence-electron chi connectivity index (χ3n) is 3.49. The molecule has 0 N–H and O–H groups in total. The van der Waals surface area contributed by atoms with Crippen LogP contribution in [0.25, 0.3) is 0 Å². The number of alkyl halides is 1. The molecule has 0 aromatic heterocycles. The van der Waals surface area contributed by atoms with Gasteiger partial charge in [-0.3, -0.25) is 4.79 Å². The van der Waals surface area contributed by atoms with Crippen LogP contribution in [0.3, 0.4) is 0 Å². The van der Waals surface area contributed by atoms with Crippen LogP contribution in [0.5, 0.6) is 0 Å². The Bertz CT molecular complexity index is 443. The van der Waals surface area contributed by atoms with Crippen LogP contribution in [0.15, 0.2) is 22.7 Å². The van der Waals surface area contributed by atoms with Crippen LogP contribution in [-0.4, -0.2) is 28.7 Å². The molecule has 1 aromatic rings. The van der Waals surface area contributed by atoms with Crippen molar-refractivity contribution in [2.75, 3.05) is 11.9 Å². The highest BCUT2D eigenvalue weighted by Crippen LogP contribution is 2.29. The molecule has 0 unspecified atom stereocenters. The van der Waals surface area contributed by atoms with Crippen LogP contribution in [0.2, 0.25) is 0 Å². The summed E-state index contributed by atoms with van der Waals surface area (Å²) in [6, 6.07) is 4.92. The fraction of sp³-hybridized carbons (Fsp3) is 0.500. The van der Waals surface area contributed by atoms with Gasteiger partial charge in [-0.25, -0.2) is 4.39 Å². The molecular weight excluding hydrogens is 377 g/mol. The van der Waals surface area contributed by atoms with Crippen molar-refractivity contribution in [1.82, 2.24) is 4.90 Å². The lowest BCUT2D eigenvalue weighted by molar-refractivity contribution is 0.0575. The van der Waals surface area contributed by atoms with E-state index in [1.54, 1.807) is 12.1 Å². The second-order valence-corrected chi connectivity index (χ2v) is 6.37. The third kappa shape index (κ3) is 3.37. The third-order valence-corrected chi connectivity index (χ3v) is 4.71. The smallest absolute Gasteiger partial charge is 0.258 e. The van der Waals surface area contributed by atoms with Gasteiger partial charge in [0, 0.05) is 22.4 Å². The quantitative estimate of drug-likeness (QED) is 0.681. The summed E-state index contributed by atoms with van der Waals surface area (Å²) < 4.78 is 14.4. The summed E-state index contributed by atoms with van der Waals surface area (Å²) in [6.45, 7) is 0.676. The zero-order chi connectivity index (χ0) is 13.8. The molecule has 0 saturated heterocycles. The predicted molar refractivity (Wildman–Crippen MR) is 81.2 cm³/mol. The molecule has 0 heterocycles. The Balaban J connectivity index is 2.22. The Morgan fingerprint density at radius 3 is 2.68 bits per heavy atom. The van der Waals surface area contributed by atoms with Gasteiger partial charge >= 0.3 is 0 Å². The first kappa shape index (κ1) is 15.0. The molecule has 2 rings (SSSR count). The molecule has 1 aliphatic carbocycles. The molecule has 1 amide bonds. The summed E-state index contributed by atoms with van der Waals surface area (Å²) in [5.74, 6) is -0.654. The van der Waals surface area contributed by atoms with Crippen molar-refractivity contribution < 1.29 is 9.18 Å². The average Bonchev–Trinajstić information content (AvgIpc) is 2.31. The van der Waals surface area contributed by atoms with E-state index in [0.29, 0.717) is 11.0 Å². The minimum atomic E-state index is -0.456. The Hall–Kier alpha value is -0.420. The summed E-state index contributed by atoms with van der Waals surface area (Å²) in [7, 11) is 0. The SMILES string of the molecule is O=C(c1c(F)cccc1Br)N(CCCBr)C1CCC1. The fourth-order valence-corrected chi connectivity index (χ4v) is 2.99. The monoisotopic (exact) mass is 391 g/mol. The van der Waals surface area contributed by atoms with Gasteiger partial charge in [0.05, 0.1) is 5.56 Å². The van der Waals surface area contributed by atoms with E-state index in [0.717, 1.165) is 31.0 Å². The highest BCUT2D eigenvalue weighted by Gasteiger charge is 2.31. The number of nitrogens with zero attached hydrogens (tertiary/aromatic N) is 1. The molecular formula is C14H16Br2FNO. The van der Waals surface area contributed by atoms with E-state index in [1.807, 2.05) is 4.90 Å². The first-order valence-electron chi connectivity index (χ1n) is 6.46. The van der Waals surface area contributed by atoms with Gasteiger partial charge in [-0.05, 0) is 53.7 Å².